The first-order valence-corrected chi connectivity index (χ1v) is 6.65. The van der Waals surface area contributed by atoms with Gasteiger partial charge in [-0.15, -0.1) is 0 Å². The van der Waals surface area contributed by atoms with Crippen LogP contribution in [0.2, 0.25) is 0 Å². The standard InChI is InChI=1S/C9H10.2C5H6/c1-8(2)9-6-4-3-5-7-9;2*1-2-4-5-3-1/h3-7H,1H2,2H3;2*1-4H,5H2. The van der Waals surface area contributed by atoms with E-state index in [2.05, 4.69) is 67.3 Å². The SMILES string of the molecule is C1=CCC=C1.C1=CCC=C1.C=C(C)c1ccccc1. The lowest BCUT2D eigenvalue weighted by Crippen LogP contribution is -1.72. The molecule has 0 saturated carbocycles. The average Bonchev–Trinajstić information content (AvgIpc) is 3.18. The molecule has 0 nitrogen and oxygen atoms in total. The van der Waals surface area contributed by atoms with E-state index in [-0.39, 0.29) is 0 Å². The quantitative estimate of drug-likeness (QED) is 0.597. The van der Waals surface area contributed by atoms with Gasteiger partial charge >= 0.3 is 0 Å². The minimum absolute atomic E-state index is 1.12. The molecule has 0 N–H and O–H groups in total. The van der Waals surface area contributed by atoms with Crippen LogP contribution in [0.1, 0.15) is 25.3 Å². The van der Waals surface area contributed by atoms with Crippen LogP contribution >= 0.6 is 0 Å². The van der Waals surface area contributed by atoms with Crippen LogP contribution < -0.4 is 0 Å². The summed E-state index contributed by atoms with van der Waals surface area (Å²) in [4.78, 5) is 0. The van der Waals surface area contributed by atoms with E-state index in [9.17, 15) is 0 Å². The fourth-order valence-corrected chi connectivity index (χ4v) is 1.51. The molecule has 2 aliphatic carbocycles. The van der Waals surface area contributed by atoms with Crippen LogP contribution in [-0.4, -0.2) is 0 Å². The van der Waals surface area contributed by atoms with Crippen LogP contribution in [0.25, 0.3) is 5.57 Å². The van der Waals surface area contributed by atoms with E-state index in [1.54, 1.807) is 0 Å². The Labute approximate surface area is 117 Å². The smallest absolute Gasteiger partial charge is 0.0163 e. The van der Waals surface area contributed by atoms with Gasteiger partial charge in [0.15, 0.2) is 0 Å². The Morgan fingerprint density at radius 2 is 1.21 bits per heavy atom. The molecule has 3 rings (SSSR count). The number of benzene rings is 1. The highest BCUT2D eigenvalue weighted by molar-refractivity contribution is 5.60. The Morgan fingerprint density at radius 1 is 0.789 bits per heavy atom. The molecule has 0 unspecified atom stereocenters. The molecule has 0 radical (unpaired) electrons. The van der Waals surface area contributed by atoms with Gasteiger partial charge in [0, 0.05) is 0 Å². The van der Waals surface area contributed by atoms with Crippen molar-refractivity contribution >= 4 is 5.57 Å². The third kappa shape index (κ3) is 7.77. The molecule has 0 heterocycles. The Balaban J connectivity index is 0.000000153. The monoisotopic (exact) mass is 250 g/mol. The van der Waals surface area contributed by atoms with Gasteiger partial charge in [-0.25, -0.2) is 0 Å². The highest BCUT2D eigenvalue weighted by atomic mass is 13.9. The average molecular weight is 250 g/mol. The predicted octanol–water partition coefficient (Wildman–Crippen LogP) is 5.72. The zero-order valence-electron chi connectivity index (χ0n) is 11.6. The molecule has 19 heavy (non-hydrogen) atoms. The molecule has 0 amide bonds. The maximum atomic E-state index is 3.83. The molecule has 0 aliphatic heterocycles. The summed E-state index contributed by atoms with van der Waals surface area (Å²) in [7, 11) is 0. The Hall–Kier alpha value is -2.08. The first kappa shape index (κ1) is 15.0. The van der Waals surface area contributed by atoms with Crippen molar-refractivity contribution in [2.75, 3.05) is 0 Å². The summed E-state index contributed by atoms with van der Waals surface area (Å²) in [5, 5.41) is 0. The predicted molar refractivity (Wildman–Crippen MR) is 86.9 cm³/mol. The Morgan fingerprint density at radius 3 is 1.42 bits per heavy atom. The largest absolute Gasteiger partial charge is 0.0955 e. The van der Waals surface area contributed by atoms with Crippen molar-refractivity contribution in [1.82, 2.24) is 0 Å². The van der Waals surface area contributed by atoms with Gasteiger partial charge in [-0.05, 0) is 25.3 Å². The molecule has 0 saturated heterocycles. The van der Waals surface area contributed by atoms with Crippen LogP contribution in [0.4, 0.5) is 0 Å². The van der Waals surface area contributed by atoms with Crippen molar-refractivity contribution < 1.29 is 0 Å². The summed E-state index contributed by atoms with van der Waals surface area (Å²) in [6.45, 7) is 5.83. The van der Waals surface area contributed by atoms with Crippen LogP contribution in [0.3, 0.4) is 0 Å². The minimum atomic E-state index is 1.12. The van der Waals surface area contributed by atoms with Gasteiger partial charge in [0.25, 0.3) is 0 Å². The van der Waals surface area contributed by atoms with Crippen LogP contribution in [-0.2, 0) is 0 Å². The third-order valence-electron chi connectivity index (χ3n) is 2.58. The van der Waals surface area contributed by atoms with Gasteiger partial charge < -0.3 is 0 Å². The summed E-state index contributed by atoms with van der Waals surface area (Å²) in [5.41, 5.74) is 2.34. The maximum absolute atomic E-state index is 3.83. The second kappa shape index (κ2) is 9.90. The minimum Gasteiger partial charge on any atom is -0.0955 e. The third-order valence-corrected chi connectivity index (χ3v) is 2.58. The van der Waals surface area contributed by atoms with Gasteiger partial charge in [-0.3, -0.25) is 0 Å². The lowest BCUT2D eigenvalue weighted by Gasteiger charge is -1.94. The molecule has 0 heteroatoms. The normalized spacial score (nSPS) is 13.5. The second-order valence-corrected chi connectivity index (χ2v) is 4.33. The summed E-state index contributed by atoms with van der Waals surface area (Å²) in [5.74, 6) is 0. The van der Waals surface area contributed by atoms with Crippen molar-refractivity contribution in [3.8, 4) is 0 Å². The van der Waals surface area contributed by atoms with Gasteiger partial charge in [-0.1, -0.05) is 91.1 Å². The molecular weight excluding hydrogens is 228 g/mol. The van der Waals surface area contributed by atoms with Crippen LogP contribution in [0.5, 0.6) is 0 Å². The van der Waals surface area contributed by atoms with Gasteiger partial charge in [0.05, 0.1) is 0 Å². The maximum Gasteiger partial charge on any atom is -0.0163 e. The second-order valence-electron chi connectivity index (χ2n) is 4.33. The van der Waals surface area contributed by atoms with Crippen molar-refractivity contribution in [2.24, 2.45) is 0 Å². The lowest BCUT2D eigenvalue weighted by atomic mass is 10.1. The summed E-state index contributed by atoms with van der Waals surface area (Å²) >= 11 is 0. The van der Waals surface area contributed by atoms with E-state index in [0.29, 0.717) is 0 Å². The van der Waals surface area contributed by atoms with Crippen LogP contribution in [0, 0.1) is 0 Å². The summed E-state index contributed by atoms with van der Waals surface area (Å²) in [6.07, 6.45) is 19.0. The van der Waals surface area contributed by atoms with E-state index in [1.165, 1.54) is 5.56 Å². The number of allylic oxidation sites excluding steroid dienone is 9. The van der Waals surface area contributed by atoms with Crippen molar-refractivity contribution in [3.05, 3.63) is 91.1 Å². The molecule has 0 aromatic heterocycles. The fourth-order valence-electron chi connectivity index (χ4n) is 1.51. The zero-order chi connectivity index (χ0) is 13.8. The number of rotatable bonds is 1. The first-order chi connectivity index (χ1) is 9.30. The molecular formula is C19H22. The highest BCUT2D eigenvalue weighted by Crippen LogP contribution is 2.08. The molecule has 2 aliphatic rings. The van der Waals surface area contributed by atoms with E-state index >= 15 is 0 Å². The first-order valence-electron chi connectivity index (χ1n) is 6.65. The van der Waals surface area contributed by atoms with Crippen molar-refractivity contribution in [2.45, 2.75) is 19.8 Å². The molecule has 1 aromatic rings. The topological polar surface area (TPSA) is 0 Å². The van der Waals surface area contributed by atoms with Crippen molar-refractivity contribution in [3.63, 3.8) is 0 Å². The highest BCUT2D eigenvalue weighted by Gasteiger charge is 1.86. The van der Waals surface area contributed by atoms with Gasteiger partial charge in [0.1, 0.15) is 0 Å². The van der Waals surface area contributed by atoms with E-state index < -0.39 is 0 Å². The van der Waals surface area contributed by atoms with Gasteiger partial charge in [-0.2, -0.15) is 0 Å². The Bertz CT molecular complexity index is 428. The van der Waals surface area contributed by atoms with Crippen LogP contribution in [0.15, 0.2) is 85.5 Å². The molecule has 0 atom stereocenters. The molecule has 98 valence electrons. The van der Waals surface area contributed by atoms with E-state index in [1.807, 2.05) is 25.1 Å². The molecule has 0 fully saturated rings. The summed E-state index contributed by atoms with van der Waals surface area (Å²) in [6, 6.07) is 10.2. The zero-order valence-corrected chi connectivity index (χ0v) is 11.6. The summed E-state index contributed by atoms with van der Waals surface area (Å²) < 4.78 is 0. The number of hydrogen-bond donors (Lipinski definition) is 0. The molecule has 0 spiro atoms. The van der Waals surface area contributed by atoms with Crippen molar-refractivity contribution in [1.29, 1.82) is 0 Å². The fraction of sp³-hybridized carbons (Fsp3) is 0.158. The Kier molecular flexibility index (Phi) is 7.80. The molecule has 1 aromatic carbocycles. The van der Waals surface area contributed by atoms with E-state index in [4.69, 9.17) is 0 Å². The molecule has 0 bridgehead atoms. The van der Waals surface area contributed by atoms with Gasteiger partial charge in [0.2, 0.25) is 0 Å². The number of hydrogen-bond acceptors (Lipinski definition) is 0. The lowest BCUT2D eigenvalue weighted by molar-refractivity contribution is 1.45. The van der Waals surface area contributed by atoms with E-state index in [0.717, 1.165) is 18.4 Å².